The van der Waals surface area contributed by atoms with E-state index in [0.717, 1.165) is 116 Å². The highest BCUT2D eigenvalue weighted by Gasteiger charge is 2.30. The maximum Gasteiger partial charge on any atom is 0.472 e. The van der Waals surface area contributed by atoms with Gasteiger partial charge < -0.3 is 19.4 Å². The van der Waals surface area contributed by atoms with Gasteiger partial charge in [0, 0.05) is 12.8 Å². The van der Waals surface area contributed by atoms with E-state index in [1.807, 2.05) is 33.3 Å². The summed E-state index contributed by atoms with van der Waals surface area (Å²) in [7, 11) is 1.48. The van der Waals surface area contributed by atoms with Gasteiger partial charge in [-0.1, -0.05) is 216 Å². The number of quaternary nitrogens is 1. The first-order chi connectivity index (χ1) is 34.4. The molecule has 0 bridgehead atoms. The number of phosphoric acid groups is 1. The molecule has 0 radical (unpaired) electrons. The topological polar surface area (TPSA) is 111 Å². The molecule has 0 saturated heterocycles. The van der Waals surface area contributed by atoms with Crippen molar-refractivity contribution in [2.24, 2.45) is 0 Å². The maximum atomic E-state index is 13.4. The number of carbonyl (C=O) groups excluding carboxylic acids is 2. The lowest BCUT2D eigenvalue weighted by Crippen LogP contribution is -2.47. The Morgan fingerprint density at radius 3 is 1.37 bits per heavy atom. The van der Waals surface area contributed by atoms with E-state index in [-0.39, 0.29) is 31.5 Å². The Kier molecular flexibility index (Phi) is 49.1. The molecule has 0 aliphatic heterocycles. The second-order valence-corrected chi connectivity index (χ2v) is 22.3. The third-order valence-electron chi connectivity index (χ3n) is 12.6. The minimum atomic E-state index is -4.45. The zero-order valence-corrected chi connectivity index (χ0v) is 47.8. The zero-order valence-electron chi connectivity index (χ0n) is 47.0. The Hall–Kier alpha value is -2.55. The van der Waals surface area contributed by atoms with E-state index in [4.69, 9.17) is 13.8 Å². The van der Waals surface area contributed by atoms with Crippen LogP contribution in [0.4, 0.5) is 0 Å². The van der Waals surface area contributed by atoms with Gasteiger partial charge in [-0.25, -0.2) is 4.57 Å². The van der Waals surface area contributed by atoms with Crippen LogP contribution in [0.25, 0.3) is 0 Å². The summed E-state index contributed by atoms with van der Waals surface area (Å²) in [5, 5.41) is 3.03. The summed E-state index contributed by atoms with van der Waals surface area (Å²) < 4.78 is 30.6. The molecule has 1 amide bonds. The number of ether oxygens (including phenoxy) is 1. The number of allylic oxidation sites excluding steroid dienone is 11. The molecule has 3 atom stereocenters. The van der Waals surface area contributed by atoms with E-state index in [2.05, 4.69) is 86.8 Å². The van der Waals surface area contributed by atoms with Gasteiger partial charge in [0.25, 0.3) is 0 Å². The second-order valence-electron chi connectivity index (χ2n) is 20.8. The van der Waals surface area contributed by atoms with Crippen molar-refractivity contribution in [2.75, 3.05) is 40.9 Å². The van der Waals surface area contributed by atoms with Crippen LogP contribution in [0.2, 0.25) is 0 Å². The van der Waals surface area contributed by atoms with Gasteiger partial charge >= 0.3 is 13.8 Å². The molecule has 0 aromatic rings. The molecule has 9 nitrogen and oxygen atoms in total. The number of carbonyl (C=O) groups is 2. The van der Waals surface area contributed by atoms with Gasteiger partial charge in [-0.2, -0.15) is 0 Å². The van der Waals surface area contributed by atoms with Crippen LogP contribution < -0.4 is 5.32 Å². The van der Waals surface area contributed by atoms with E-state index in [9.17, 15) is 19.0 Å². The van der Waals surface area contributed by atoms with Crippen LogP contribution in [-0.2, 0) is 27.9 Å². The first kappa shape index (κ1) is 68.5. The van der Waals surface area contributed by atoms with Crippen LogP contribution in [0.3, 0.4) is 0 Å². The fourth-order valence-electron chi connectivity index (χ4n) is 8.02. The van der Waals surface area contributed by atoms with Crippen molar-refractivity contribution in [1.82, 2.24) is 5.32 Å². The van der Waals surface area contributed by atoms with Crippen LogP contribution in [0.1, 0.15) is 252 Å². The minimum Gasteiger partial charge on any atom is -0.456 e. The number of esters is 1. The van der Waals surface area contributed by atoms with Crippen molar-refractivity contribution >= 4 is 19.7 Å². The fraction of sp³-hybridized carbons (Fsp3) is 0.770. The summed E-state index contributed by atoms with van der Waals surface area (Å²) in [6, 6.07) is -0.857. The van der Waals surface area contributed by atoms with E-state index < -0.39 is 20.0 Å². The monoisotopic (exact) mass is 1020 g/mol. The number of phosphoric ester groups is 1. The molecular weight excluding hydrogens is 904 g/mol. The third kappa shape index (κ3) is 52.1. The third-order valence-corrected chi connectivity index (χ3v) is 13.6. The predicted octanol–water partition coefficient (Wildman–Crippen LogP) is 17.7. The molecule has 0 aromatic carbocycles. The van der Waals surface area contributed by atoms with Crippen LogP contribution in [0.5, 0.6) is 0 Å². The van der Waals surface area contributed by atoms with E-state index in [1.165, 1.54) is 103 Å². The highest BCUT2D eigenvalue weighted by atomic mass is 31.2. The fourth-order valence-corrected chi connectivity index (χ4v) is 8.76. The van der Waals surface area contributed by atoms with Crippen LogP contribution in [0, 0.1) is 0 Å². The number of hydrogen-bond donors (Lipinski definition) is 2. The standard InChI is InChI=1S/C61H111N2O7P/c1-7-10-13-16-19-22-25-26-27-28-29-30-31-32-33-34-35-36-39-42-45-48-51-54-61(65)70-59(52-49-46-43-40-37-23-20-17-14-11-8-2)58(57-69-71(66,67)68-56-55-63(4,5)6)62-60(64)53-50-47-44-41-38-24-21-18-15-12-9-3/h18-19,21-22,26-27,29-30,32-33,49,52,58-59H,7-17,20,23-25,28,31,34-48,50-51,53-57H2,1-6H3,(H-,62,64,66,67)/p+1/b21-18-,22-19-,27-26-,30-29-,33-32-,52-49-. The SMILES string of the molecule is CCCC/C=C\CCCCCCCC(=O)NC(COP(=O)(O)OCC[N+](C)(C)C)C(/C=C\CCCCCCCCCCC)OC(=O)CCCCCCCCC/C=C\C/C=C\C/C=C\C/C=C\CCCCC. The van der Waals surface area contributed by atoms with Crippen molar-refractivity contribution in [1.29, 1.82) is 0 Å². The van der Waals surface area contributed by atoms with Crippen molar-refractivity contribution in [3.63, 3.8) is 0 Å². The first-order valence-electron chi connectivity index (χ1n) is 29.3. The number of unbranched alkanes of at least 4 members (excludes halogenated alkanes) is 26. The van der Waals surface area contributed by atoms with Gasteiger partial charge in [-0.15, -0.1) is 0 Å². The molecular formula is C61H112N2O7P+. The minimum absolute atomic E-state index is 0.0344. The summed E-state index contributed by atoms with van der Waals surface area (Å²) in [5.41, 5.74) is 0. The molecule has 0 aliphatic carbocycles. The molecule has 0 heterocycles. The first-order valence-corrected chi connectivity index (χ1v) is 30.8. The summed E-state index contributed by atoms with van der Waals surface area (Å²) in [6.07, 6.45) is 64.7. The lowest BCUT2D eigenvalue weighted by Gasteiger charge is -2.27. The number of nitrogens with one attached hydrogen (secondary N) is 1. The lowest BCUT2D eigenvalue weighted by molar-refractivity contribution is -0.870. The van der Waals surface area contributed by atoms with Gasteiger partial charge in [-0.05, 0) is 96.0 Å². The highest BCUT2D eigenvalue weighted by molar-refractivity contribution is 7.47. The number of nitrogens with zero attached hydrogens (tertiary/aromatic N) is 1. The Balaban J connectivity index is 5.20. The molecule has 0 rings (SSSR count). The lowest BCUT2D eigenvalue weighted by atomic mass is 10.1. The van der Waals surface area contributed by atoms with Gasteiger partial charge in [0.15, 0.2) is 0 Å². The highest BCUT2D eigenvalue weighted by Crippen LogP contribution is 2.43. The van der Waals surface area contributed by atoms with E-state index in [1.54, 1.807) is 0 Å². The average molecular weight is 1020 g/mol. The van der Waals surface area contributed by atoms with Crippen molar-refractivity contribution < 1.29 is 37.3 Å². The molecule has 0 aliphatic rings. The molecule has 0 fully saturated rings. The normalized spacial score (nSPS) is 14.3. The molecule has 71 heavy (non-hydrogen) atoms. The quantitative estimate of drug-likeness (QED) is 0.0205. The van der Waals surface area contributed by atoms with Crippen LogP contribution in [-0.4, -0.2) is 74.3 Å². The van der Waals surface area contributed by atoms with Crippen molar-refractivity contribution in [3.05, 3.63) is 72.9 Å². The van der Waals surface area contributed by atoms with Gasteiger partial charge in [-0.3, -0.25) is 18.6 Å². The Morgan fingerprint density at radius 1 is 0.493 bits per heavy atom. The largest absolute Gasteiger partial charge is 0.472 e. The maximum absolute atomic E-state index is 13.4. The molecule has 0 spiro atoms. The second kappa shape index (κ2) is 51.0. The van der Waals surface area contributed by atoms with E-state index in [0.29, 0.717) is 17.4 Å². The summed E-state index contributed by atoms with van der Waals surface area (Å²) >= 11 is 0. The average Bonchev–Trinajstić information content (AvgIpc) is 3.33. The Morgan fingerprint density at radius 2 is 0.873 bits per heavy atom. The van der Waals surface area contributed by atoms with Crippen LogP contribution in [0.15, 0.2) is 72.9 Å². The molecule has 0 saturated carbocycles. The van der Waals surface area contributed by atoms with Crippen molar-refractivity contribution in [2.45, 2.75) is 264 Å². The smallest absolute Gasteiger partial charge is 0.456 e. The number of amides is 1. The molecule has 412 valence electrons. The molecule has 10 heteroatoms. The Labute approximate surface area is 438 Å². The summed E-state index contributed by atoms with van der Waals surface area (Å²) in [4.78, 5) is 37.5. The predicted molar refractivity (Wildman–Crippen MR) is 305 cm³/mol. The van der Waals surface area contributed by atoms with Gasteiger partial charge in [0.1, 0.15) is 19.3 Å². The Bertz CT molecular complexity index is 1450. The number of rotatable bonds is 52. The number of likely N-dealkylation sites (N-methyl/N-ethyl adjacent to an activating group) is 1. The van der Waals surface area contributed by atoms with E-state index >= 15 is 0 Å². The summed E-state index contributed by atoms with van der Waals surface area (Å²) in [5.74, 6) is -0.531. The molecule has 0 aromatic heterocycles. The zero-order chi connectivity index (χ0) is 52.2. The molecule has 2 N–H and O–H groups in total. The number of hydrogen-bond acceptors (Lipinski definition) is 6. The van der Waals surface area contributed by atoms with Crippen LogP contribution >= 0.6 is 7.82 Å². The molecule has 3 unspecified atom stereocenters. The van der Waals surface area contributed by atoms with Gasteiger partial charge in [0.05, 0.1) is 33.8 Å². The summed E-state index contributed by atoms with van der Waals surface area (Å²) in [6.45, 7) is 6.92. The van der Waals surface area contributed by atoms with Gasteiger partial charge in [0.2, 0.25) is 5.91 Å². The van der Waals surface area contributed by atoms with Crippen molar-refractivity contribution in [3.8, 4) is 0 Å².